The lowest BCUT2D eigenvalue weighted by molar-refractivity contribution is -0.137. The average Bonchev–Trinajstić information content (AvgIpc) is 2.92. The highest BCUT2D eigenvalue weighted by molar-refractivity contribution is 7.13. The third kappa shape index (κ3) is 4.89. The molecule has 5 nitrogen and oxygen atoms in total. The van der Waals surface area contributed by atoms with Crippen molar-refractivity contribution in [1.29, 1.82) is 0 Å². The Labute approximate surface area is 139 Å². The second kappa shape index (κ2) is 6.91. The van der Waals surface area contributed by atoms with Crippen LogP contribution < -0.4 is 5.32 Å². The maximum atomic E-state index is 12.4. The van der Waals surface area contributed by atoms with Crippen molar-refractivity contribution in [3.05, 3.63) is 40.9 Å². The minimum atomic E-state index is -0.867. The molecule has 0 spiro atoms. The van der Waals surface area contributed by atoms with E-state index in [9.17, 15) is 9.59 Å². The summed E-state index contributed by atoms with van der Waals surface area (Å²) < 4.78 is 0. The van der Waals surface area contributed by atoms with E-state index in [-0.39, 0.29) is 12.3 Å². The highest BCUT2D eigenvalue weighted by atomic mass is 32.1. The number of aliphatic carboxylic acids is 1. The van der Waals surface area contributed by atoms with Gasteiger partial charge >= 0.3 is 5.97 Å². The molecule has 0 saturated carbocycles. The summed E-state index contributed by atoms with van der Waals surface area (Å²) in [4.78, 5) is 27.5. The van der Waals surface area contributed by atoms with Crippen LogP contribution in [0.3, 0.4) is 0 Å². The number of carbonyl (C=O) groups excluding carboxylic acids is 1. The average molecular weight is 332 g/mol. The van der Waals surface area contributed by atoms with Gasteiger partial charge in [-0.25, -0.2) is 4.98 Å². The zero-order valence-corrected chi connectivity index (χ0v) is 14.2. The zero-order chi connectivity index (χ0) is 17.0. The third-order valence-electron chi connectivity index (χ3n) is 3.41. The van der Waals surface area contributed by atoms with Crippen molar-refractivity contribution < 1.29 is 14.7 Å². The van der Waals surface area contributed by atoms with Crippen LogP contribution in [0.4, 0.5) is 0 Å². The van der Waals surface area contributed by atoms with Crippen molar-refractivity contribution in [1.82, 2.24) is 10.3 Å². The zero-order valence-electron chi connectivity index (χ0n) is 13.4. The summed E-state index contributed by atoms with van der Waals surface area (Å²) in [5, 5.41) is 14.5. The number of carbonyl (C=O) groups is 2. The Balaban J connectivity index is 2.12. The molecule has 0 bridgehead atoms. The Morgan fingerprint density at radius 3 is 2.70 bits per heavy atom. The van der Waals surface area contributed by atoms with Crippen molar-refractivity contribution in [3.8, 4) is 10.6 Å². The lowest BCUT2D eigenvalue weighted by atomic mass is 9.97. The van der Waals surface area contributed by atoms with Crippen molar-refractivity contribution in [2.75, 3.05) is 0 Å². The molecule has 1 aromatic heterocycles. The van der Waals surface area contributed by atoms with Crippen LogP contribution in [0.5, 0.6) is 0 Å². The van der Waals surface area contributed by atoms with Crippen molar-refractivity contribution in [2.24, 2.45) is 0 Å². The molecule has 1 aromatic carbocycles. The van der Waals surface area contributed by atoms with Crippen molar-refractivity contribution in [3.63, 3.8) is 0 Å². The molecule has 0 aliphatic carbocycles. The van der Waals surface area contributed by atoms with E-state index >= 15 is 0 Å². The van der Waals surface area contributed by atoms with Crippen LogP contribution in [0.15, 0.2) is 29.6 Å². The molecule has 0 atom stereocenters. The maximum Gasteiger partial charge on any atom is 0.303 e. The molecule has 0 saturated heterocycles. The summed E-state index contributed by atoms with van der Waals surface area (Å²) in [6.45, 7) is 5.57. The van der Waals surface area contributed by atoms with E-state index < -0.39 is 11.5 Å². The highest BCUT2D eigenvalue weighted by Gasteiger charge is 2.22. The third-order valence-corrected chi connectivity index (χ3v) is 4.42. The number of aromatic nitrogens is 1. The van der Waals surface area contributed by atoms with Crippen molar-refractivity contribution >= 4 is 23.2 Å². The van der Waals surface area contributed by atoms with Gasteiger partial charge in [0, 0.05) is 34.2 Å². The van der Waals surface area contributed by atoms with Crippen LogP contribution in [-0.4, -0.2) is 27.5 Å². The van der Waals surface area contributed by atoms with E-state index in [4.69, 9.17) is 5.11 Å². The van der Waals surface area contributed by atoms with E-state index in [1.165, 1.54) is 11.3 Å². The molecule has 1 amide bonds. The van der Waals surface area contributed by atoms with Gasteiger partial charge in [0.1, 0.15) is 5.01 Å². The van der Waals surface area contributed by atoms with Gasteiger partial charge in [-0.3, -0.25) is 9.59 Å². The smallest absolute Gasteiger partial charge is 0.303 e. The Morgan fingerprint density at radius 1 is 1.35 bits per heavy atom. The van der Waals surface area contributed by atoms with Crippen LogP contribution in [0.25, 0.3) is 10.6 Å². The number of amides is 1. The van der Waals surface area contributed by atoms with Gasteiger partial charge in [-0.15, -0.1) is 11.3 Å². The molecule has 2 N–H and O–H groups in total. The molecule has 122 valence electrons. The van der Waals surface area contributed by atoms with E-state index in [0.29, 0.717) is 12.0 Å². The summed E-state index contributed by atoms with van der Waals surface area (Å²) in [6, 6.07) is 7.29. The minimum absolute atomic E-state index is 0.0196. The summed E-state index contributed by atoms with van der Waals surface area (Å²) in [5.41, 5.74) is 1.82. The Bertz CT molecular complexity index is 722. The SMILES string of the molecule is Cc1csc(-c2cccc(C(=O)NC(C)(C)CCC(=O)O)c2)n1. The monoisotopic (exact) mass is 332 g/mol. The van der Waals surface area contributed by atoms with Gasteiger partial charge in [0.2, 0.25) is 0 Å². The van der Waals surface area contributed by atoms with E-state index in [1.807, 2.05) is 38.3 Å². The predicted molar refractivity (Wildman–Crippen MR) is 90.7 cm³/mol. The lowest BCUT2D eigenvalue weighted by Crippen LogP contribution is -2.43. The number of carboxylic acids is 1. The number of rotatable bonds is 6. The number of thiazole rings is 1. The molecule has 23 heavy (non-hydrogen) atoms. The number of benzene rings is 1. The normalized spacial score (nSPS) is 11.3. The van der Waals surface area contributed by atoms with Gasteiger partial charge in [0.25, 0.3) is 5.91 Å². The molecular formula is C17H20N2O3S. The van der Waals surface area contributed by atoms with E-state index in [2.05, 4.69) is 10.3 Å². The first-order valence-corrected chi connectivity index (χ1v) is 8.22. The summed E-state index contributed by atoms with van der Waals surface area (Å²) >= 11 is 1.54. The summed E-state index contributed by atoms with van der Waals surface area (Å²) in [7, 11) is 0. The van der Waals surface area contributed by atoms with Crippen LogP contribution in [-0.2, 0) is 4.79 Å². The second-order valence-corrected chi connectivity index (χ2v) is 6.96. The quantitative estimate of drug-likeness (QED) is 0.848. The Morgan fingerprint density at radius 2 is 2.09 bits per heavy atom. The van der Waals surface area contributed by atoms with Gasteiger partial charge < -0.3 is 10.4 Å². The number of hydrogen-bond donors (Lipinski definition) is 2. The fourth-order valence-electron chi connectivity index (χ4n) is 2.14. The van der Waals surface area contributed by atoms with Gasteiger partial charge in [0.05, 0.1) is 0 Å². The molecule has 0 unspecified atom stereocenters. The standard InChI is InChI=1S/C17H20N2O3S/c1-11-10-23-16(18-11)13-6-4-5-12(9-13)15(22)19-17(2,3)8-7-14(20)21/h4-6,9-10H,7-8H2,1-3H3,(H,19,22)(H,20,21). The van der Waals surface area contributed by atoms with E-state index in [0.717, 1.165) is 16.3 Å². The minimum Gasteiger partial charge on any atom is -0.481 e. The lowest BCUT2D eigenvalue weighted by Gasteiger charge is -2.25. The number of aryl methyl sites for hydroxylation is 1. The first-order valence-electron chi connectivity index (χ1n) is 7.34. The van der Waals surface area contributed by atoms with Gasteiger partial charge in [-0.1, -0.05) is 12.1 Å². The van der Waals surface area contributed by atoms with Gasteiger partial charge in [0.15, 0.2) is 0 Å². The van der Waals surface area contributed by atoms with Gasteiger partial charge in [-0.05, 0) is 39.3 Å². The molecule has 0 fully saturated rings. The topological polar surface area (TPSA) is 79.3 Å². The first kappa shape index (κ1) is 17.1. The molecule has 0 radical (unpaired) electrons. The molecule has 2 aromatic rings. The number of nitrogens with one attached hydrogen (secondary N) is 1. The Kier molecular flexibility index (Phi) is 5.15. The molecule has 1 heterocycles. The van der Waals surface area contributed by atoms with Crippen molar-refractivity contribution in [2.45, 2.75) is 39.2 Å². The Hall–Kier alpha value is -2.21. The largest absolute Gasteiger partial charge is 0.481 e. The van der Waals surface area contributed by atoms with Gasteiger partial charge in [-0.2, -0.15) is 0 Å². The highest BCUT2D eigenvalue weighted by Crippen LogP contribution is 2.24. The number of nitrogens with zero attached hydrogens (tertiary/aromatic N) is 1. The van der Waals surface area contributed by atoms with Crippen LogP contribution in [0.2, 0.25) is 0 Å². The fourth-order valence-corrected chi connectivity index (χ4v) is 2.94. The molecule has 6 heteroatoms. The molecule has 2 rings (SSSR count). The predicted octanol–water partition coefficient (Wildman–Crippen LogP) is 3.49. The first-order chi connectivity index (χ1) is 10.8. The molecule has 0 aliphatic rings. The van der Waals surface area contributed by atoms with Crippen LogP contribution in [0, 0.1) is 6.92 Å². The molecular weight excluding hydrogens is 312 g/mol. The number of carboxylic acid groups (broad SMARTS) is 1. The van der Waals surface area contributed by atoms with Crippen LogP contribution in [0.1, 0.15) is 42.7 Å². The summed E-state index contributed by atoms with van der Waals surface area (Å²) in [6.07, 6.45) is 0.394. The number of hydrogen-bond acceptors (Lipinski definition) is 4. The van der Waals surface area contributed by atoms with E-state index in [1.54, 1.807) is 12.1 Å². The second-order valence-electron chi connectivity index (χ2n) is 6.11. The maximum absolute atomic E-state index is 12.4. The summed E-state index contributed by atoms with van der Waals surface area (Å²) in [5.74, 6) is -1.08. The fraction of sp³-hybridized carbons (Fsp3) is 0.353. The van der Waals surface area contributed by atoms with Crippen LogP contribution >= 0.6 is 11.3 Å². The molecule has 0 aliphatic heterocycles.